The van der Waals surface area contributed by atoms with Gasteiger partial charge in [0.15, 0.2) is 12.5 Å². The third kappa shape index (κ3) is 3.19. The van der Waals surface area contributed by atoms with Crippen molar-refractivity contribution in [1.82, 2.24) is 8.61 Å². The van der Waals surface area contributed by atoms with Crippen molar-refractivity contribution in [2.45, 2.75) is 12.5 Å². The van der Waals surface area contributed by atoms with E-state index < -0.39 is 32.5 Å². The Labute approximate surface area is 108 Å². The van der Waals surface area contributed by atoms with Crippen LogP contribution in [0.4, 0.5) is 0 Å². The molecule has 18 heavy (non-hydrogen) atoms. The minimum atomic E-state index is -3.49. The predicted molar refractivity (Wildman–Crippen MR) is 64.7 cm³/mol. The Hall–Kier alpha value is -0.260. The SMILES string of the molecule is CO[C@@H]1[C@@H](OC)N(S(C)(=O)=O)CCN1S(C)(=O)=O. The topological polar surface area (TPSA) is 93.2 Å². The number of ether oxygens (including phenoxy) is 2. The first-order valence-corrected chi connectivity index (χ1v) is 8.82. The number of rotatable bonds is 4. The second kappa shape index (κ2) is 5.39. The van der Waals surface area contributed by atoms with Gasteiger partial charge in [-0.3, -0.25) is 0 Å². The first-order chi connectivity index (χ1) is 8.12. The number of nitrogens with zero attached hydrogens (tertiary/aromatic N) is 2. The van der Waals surface area contributed by atoms with Gasteiger partial charge in [-0.05, 0) is 0 Å². The van der Waals surface area contributed by atoms with Crippen LogP contribution < -0.4 is 0 Å². The van der Waals surface area contributed by atoms with Crippen molar-refractivity contribution < 1.29 is 26.3 Å². The minimum absolute atomic E-state index is 0.0320. The van der Waals surface area contributed by atoms with Crippen molar-refractivity contribution >= 4 is 20.0 Å². The molecule has 1 aliphatic rings. The zero-order valence-corrected chi connectivity index (χ0v) is 12.4. The minimum Gasteiger partial charge on any atom is -0.361 e. The standard InChI is InChI=1S/C8H18N2O6S2/c1-15-7-8(16-2)10(18(4,13)14)6-5-9(7)17(3,11)12/h7-8H,5-6H2,1-4H3/t7-,8-/m1/s1. The van der Waals surface area contributed by atoms with Crippen LogP contribution in [-0.4, -0.2) is 77.7 Å². The van der Waals surface area contributed by atoms with E-state index in [0.29, 0.717) is 0 Å². The predicted octanol–water partition coefficient (Wildman–Crippen LogP) is -1.53. The number of methoxy groups -OCH3 is 2. The van der Waals surface area contributed by atoms with Gasteiger partial charge in [0.2, 0.25) is 20.0 Å². The first-order valence-electron chi connectivity index (χ1n) is 5.12. The Morgan fingerprint density at radius 2 is 1.11 bits per heavy atom. The van der Waals surface area contributed by atoms with Gasteiger partial charge in [0, 0.05) is 27.3 Å². The van der Waals surface area contributed by atoms with Gasteiger partial charge in [-0.1, -0.05) is 0 Å². The van der Waals surface area contributed by atoms with Crippen molar-refractivity contribution in [2.75, 3.05) is 39.8 Å². The molecule has 0 radical (unpaired) electrons. The zero-order chi connectivity index (χ0) is 14.1. The van der Waals surface area contributed by atoms with Gasteiger partial charge in [0.1, 0.15) is 0 Å². The molecule has 1 saturated heterocycles. The van der Waals surface area contributed by atoms with E-state index >= 15 is 0 Å². The van der Waals surface area contributed by atoms with Gasteiger partial charge in [0.25, 0.3) is 0 Å². The maximum atomic E-state index is 11.6. The Morgan fingerprint density at radius 3 is 1.28 bits per heavy atom. The van der Waals surface area contributed by atoms with E-state index in [2.05, 4.69) is 0 Å². The molecular weight excluding hydrogens is 284 g/mol. The van der Waals surface area contributed by atoms with E-state index in [4.69, 9.17) is 9.47 Å². The molecule has 8 nitrogen and oxygen atoms in total. The molecule has 1 aliphatic heterocycles. The second-order valence-electron chi connectivity index (χ2n) is 4.00. The van der Waals surface area contributed by atoms with Crippen LogP contribution in [0, 0.1) is 0 Å². The molecule has 0 unspecified atom stereocenters. The van der Waals surface area contributed by atoms with Crippen LogP contribution in [0.3, 0.4) is 0 Å². The Bertz CT molecular complexity index is 442. The Morgan fingerprint density at radius 1 is 0.833 bits per heavy atom. The molecule has 1 rings (SSSR count). The lowest BCUT2D eigenvalue weighted by atomic mass is 10.3. The molecule has 0 aromatic carbocycles. The van der Waals surface area contributed by atoms with Crippen LogP contribution in [0.15, 0.2) is 0 Å². The van der Waals surface area contributed by atoms with Crippen molar-refractivity contribution in [3.8, 4) is 0 Å². The summed E-state index contributed by atoms with van der Waals surface area (Å²) in [6.07, 6.45) is 0.103. The highest BCUT2D eigenvalue weighted by Crippen LogP contribution is 2.23. The Kier molecular flexibility index (Phi) is 4.73. The molecule has 0 aromatic heterocycles. The van der Waals surface area contributed by atoms with Crippen molar-refractivity contribution in [3.05, 3.63) is 0 Å². The van der Waals surface area contributed by atoms with Crippen LogP contribution in [-0.2, 0) is 29.5 Å². The fourth-order valence-corrected chi connectivity index (χ4v) is 3.87. The quantitative estimate of drug-likeness (QED) is 0.625. The molecule has 1 fully saturated rings. The zero-order valence-electron chi connectivity index (χ0n) is 10.7. The van der Waals surface area contributed by atoms with E-state index in [9.17, 15) is 16.8 Å². The summed E-state index contributed by atoms with van der Waals surface area (Å²) in [4.78, 5) is 0. The smallest absolute Gasteiger partial charge is 0.213 e. The van der Waals surface area contributed by atoms with Crippen LogP contribution >= 0.6 is 0 Å². The maximum Gasteiger partial charge on any atom is 0.213 e. The van der Waals surface area contributed by atoms with Crippen LogP contribution in [0.2, 0.25) is 0 Å². The number of piperazine rings is 1. The summed E-state index contributed by atoms with van der Waals surface area (Å²) in [5.74, 6) is 0. The summed E-state index contributed by atoms with van der Waals surface area (Å²) in [5, 5.41) is 0. The van der Waals surface area contributed by atoms with Crippen LogP contribution in [0.1, 0.15) is 0 Å². The van der Waals surface area contributed by atoms with Crippen molar-refractivity contribution in [2.24, 2.45) is 0 Å². The lowest BCUT2D eigenvalue weighted by molar-refractivity contribution is -0.153. The summed E-state index contributed by atoms with van der Waals surface area (Å²) in [6.45, 7) is 0.0640. The normalized spacial score (nSPS) is 28.4. The maximum absolute atomic E-state index is 11.6. The average Bonchev–Trinajstić information content (AvgIpc) is 2.24. The monoisotopic (exact) mass is 302 g/mol. The van der Waals surface area contributed by atoms with Gasteiger partial charge in [-0.25, -0.2) is 16.8 Å². The van der Waals surface area contributed by atoms with Crippen molar-refractivity contribution in [3.63, 3.8) is 0 Å². The molecule has 108 valence electrons. The summed E-state index contributed by atoms with van der Waals surface area (Å²) >= 11 is 0. The fraction of sp³-hybridized carbons (Fsp3) is 1.00. The number of hydrogen-bond acceptors (Lipinski definition) is 6. The molecule has 0 aromatic rings. The summed E-state index contributed by atoms with van der Waals surface area (Å²) in [5.41, 5.74) is 0. The lowest BCUT2D eigenvalue weighted by Crippen LogP contribution is -2.63. The molecule has 2 atom stereocenters. The fourth-order valence-electron chi connectivity index (χ4n) is 1.91. The van der Waals surface area contributed by atoms with Gasteiger partial charge >= 0.3 is 0 Å². The van der Waals surface area contributed by atoms with Gasteiger partial charge in [0.05, 0.1) is 12.5 Å². The molecule has 10 heteroatoms. The van der Waals surface area contributed by atoms with Crippen LogP contribution in [0.25, 0.3) is 0 Å². The third-order valence-corrected chi connectivity index (χ3v) is 5.17. The van der Waals surface area contributed by atoms with Crippen molar-refractivity contribution in [1.29, 1.82) is 0 Å². The first kappa shape index (κ1) is 15.8. The molecule has 0 aliphatic carbocycles. The summed E-state index contributed by atoms with van der Waals surface area (Å²) in [6, 6.07) is 0. The third-order valence-electron chi connectivity index (χ3n) is 2.69. The van der Waals surface area contributed by atoms with Crippen LogP contribution in [0.5, 0.6) is 0 Å². The number of hydrogen-bond donors (Lipinski definition) is 0. The highest BCUT2D eigenvalue weighted by atomic mass is 32.2. The molecule has 0 amide bonds. The lowest BCUT2D eigenvalue weighted by Gasteiger charge is -2.43. The molecule has 0 spiro atoms. The van der Waals surface area contributed by atoms with Gasteiger partial charge in [-0.2, -0.15) is 8.61 Å². The van der Waals surface area contributed by atoms with Gasteiger partial charge < -0.3 is 9.47 Å². The summed E-state index contributed by atoms with van der Waals surface area (Å²) in [7, 11) is -4.37. The molecule has 0 N–H and O–H groups in total. The second-order valence-corrected chi connectivity index (χ2v) is 7.87. The Balaban J connectivity index is 3.13. The van der Waals surface area contributed by atoms with E-state index in [1.807, 2.05) is 0 Å². The number of sulfonamides is 2. The molecule has 0 saturated carbocycles. The van der Waals surface area contributed by atoms with E-state index in [1.54, 1.807) is 0 Å². The highest BCUT2D eigenvalue weighted by Gasteiger charge is 2.44. The van der Waals surface area contributed by atoms with Gasteiger partial charge in [-0.15, -0.1) is 0 Å². The summed E-state index contributed by atoms with van der Waals surface area (Å²) < 4.78 is 58.7. The molecular formula is C8H18N2O6S2. The van der Waals surface area contributed by atoms with E-state index in [-0.39, 0.29) is 13.1 Å². The molecule has 1 heterocycles. The average molecular weight is 302 g/mol. The largest absolute Gasteiger partial charge is 0.361 e. The van der Waals surface area contributed by atoms with E-state index in [1.165, 1.54) is 14.2 Å². The highest BCUT2D eigenvalue weighted by molar-refractivity contribution is 7.88. The molecule has 0 bridgehead atoms. The van der Waals surface area contributed by atoms with E-state index in [0.717, 1.165) is 21.1 Å².